The molecule has 0 aromatic heterocycles. The van der Waals surface area contributed by atoms with Crippen LogP contribution in [0.4, 0.5) is 26.2 Å². The number of piperidine rings is 1. The topological polar surface area (TPSA) is 85.5 Å². The highest BCUT2D eigenvalue weighted by Crippen LogP contribution is 2.22. The van der Waals surface area contributed by atoms with E-state index in [1.165, 1.54) is 24.6 Å². The van der Waals surface area contributed by atoms with Crippen LogP contribution in [-0.4, -0.2) is 30.0 Å². The second-order valence-electron chi connectivity index (χ2n) is 8.29. The molecule has 1 aliphatic rings. The minimum atomic E-state index is -1.25. The van der Waals surface area contributed by atoms with Crippen LogP contribution >= 0.6 is 11.6 Å². The normalized spacial score (nSPS) is 14.6. The smallest absolute Gasteiger partial charge is 0.320 e. The van der Waals surface area contributed by atoms with Gasteiger partial charge in [0, 0.05) is 40.7 Å². The third-order valence-electron chi connectivity index (χ3n) is 5.65. The average Bonchev–Trinajstić information content (AvgIpc) is 2.86. The standard InChI is InChI=1S/C26H27ClFN5O2/c27-18-8-10-20(11-9-18)30-26(35)31-24(22-6-2-3-7-23(22)28)25(34)29-19-12-14-21(15-13-19)32-33-16-4-1-5-17-33/h2-3,6-15,24,32H,1,4-5,16-17H2,(H,29,34)(H2,30,31,35). The minimum Gasteiger partial charge on any atom is -0.324 e. The molecule has 3 aromatic rings. The van der Waals surface area contributed by atoms with E-state index in [0.717, 1.165) is 31.6 Å². The zero-order chi connectivity index (χ0) is 24.6. The fourth-order valence-electron chi connectivity index (χ4n) is 3.86. The van der Waals surface area contributed by atoms with Crippen molar-refractivity contribution in [3.63, 3.8) is 0 Å². The molecule has 0 aliphatic carbocycles. The third kappa shape index (κ3) is 6.94. The van der Waals surface area contributed by atoms with Gasteiger partial charge in [-0.05, 0) is 67.4 Å². The molecule has 0 spiro atoms. The van der Waals surface area contributed by atoms with Crippen molar-refractivity contribution in [1.29, 1.82) is 0 Å². The van der Waals surface area contributed by atoms with Crippen molar-refractivity contribution in [3.05, 3.63) is 89.2 Å². The molecule has 3 amide bonds. The molecule has 1 saturated heterocycles. The van der Waals surface area contributed by atoms with Crippen LogP contribution in [0.25, 0.3) is 0 Å². The van der Waals surface area contributed by atoms with Crippen molar-refractivity contribution in [1.82, 2.24) is 10.3 Å². The maximum Gasteiger partial charge on any atom is 0.320 e. The van der Waals surface area contributed by atoms with Gasteiger partial charge in [0.25, 0.3) is 5.91 Å². The van der Waals surface area contributed by atoms with Gasteiger partial charge in [0.15, 0.2) is 0 Å². The van der Waals surface area contributed by atoms with Crippen LogP contribution < -0.4 is 21.4 Å². The van der Waals surface area contributed by atoms with Crippen LogP contribution in [-0.2, 0) is 4.79 Å². The van der Waals surface area contributed by atoms with Crippen molar-refractivity contribution < 1.29 is 14.0 Å². The van der Waals surface area contributed by atoms with Crippen molar-refractivity contribution in [2.75, 3.05) is 29.1 Å². The summed E-state index contributed by atoms with van der Waals surface area (Å²) in [5.74, 6) is -1.17. The SMILES string of the molecule is O=C(Nc1ccc(Cl)cc1)NC(C(=O)Nc1ccc(NN2CCCCC2)cc1)c1ccccc1F. The number of rotatable bonds is 7. The molecule has 1 fully saturated rings. The summed E-state index contributed by atoms with van der Waals surface area (Å²) in [6.45, 7) is 1.99. The zero-order valence-electron chi connectivity index (χ0n) is 19.1. The summed E-state index contributed by atoms with van der Waals surface area (Å²) in [5, 5.41) is 10.7. The molecule has 0 bridgehead atoms. The second kappa shape index (κ2) is 11.7. The highest BCUT2D eigenvalue weighted by atomic mass is 35.5. The summed E-state index contributed by atoms with van der Waals surface area (Å²) in [7, 11) is 0. The molecule has 9 heteroatoms. The number of anilines is 3. The lowest BCUT2D eigenvalue weighted by atomic mass is 10.1. The summed E-state index contributed by atoms with van der Waals surface area (Å²) in [5.41, 5.74) is 5.35. The van der Waals surface area contributed by atoms with Gasteiger partial charge >= 0.3 is 6.03 Å². The first-order chi connectivity index (χ1) is 17.0. The van der Waals surface area contributed by atoms with Gasteiger partial charge < -0.3 is 21.4 Å². The summed E-state index contributed by atoms with van der Waals surface area (Å²) >= 11 is 5.88. The summed E-state index contributed by atoms with van der Waals surface area (Å²) < 4.78 is 14.6. The van der Waals surface area contributed by atoms with Gasteiger partial charge in [-0.2, -0.15) is 0 Å². The van der Waals surface area contributed by atoms with Crippen molar-refractivity contribution in [2.45, 2.75) is 25.3 Å². The number of nitrogens with one attached hydrogen (secondary N) is 4. The van der Waals surface area contributed by atoms with Crippen molar-refractivity contribution >= 4 is 40.6 Å². The number of hydrogen-bond donors (Lipinski definition) is 4. The van der Waals surface area contributed by atoms with E-state index in [4.69, 9.17) is 11.6 Å². The number of carbonyl (C=O) groups is 2. The highest BCUT2D eigenvalue weighted by Gasteiger charge is 2.26. The van der Waals surface area contributed by atoms with Crippen molar-refractivity contribution in [3.8, 4) is 0 Å². The monoisotopic (exact) mass is 495 g/mol. The summed E-state index contributed by atoms with van der Waals surface area (Å²) in [4.78, 5) is 25.8. The number of hydrogen-bond acceptors (Lipinski definition) is 4. The number of benzene rings is 3. The van der Waals surface area contributed by atoms with Gasteiger partial charge in [0.2, 0.25) is 0 Å². The highest BCUT2D eigenvalue weighted by molar-refractivity contribution is 6.30. The third-order valence-corrected chi connectivity index (χ3v) is 5.90. The van der Waals surface area contributed by atoms with E-state index in [1.54, 1.807) is 42.5 Å². The van der Waals surface area contributed by atoms with Crippen LogP contribution in [0.1, 0.15) is 30.9 Å². The number of urea groups is 1. The first-order valence-electron chi connectivity index (χ1n) is 11.5. The van der Waals surface area contributed by atoms with Gasteiger partial charge in [-0.25, -0.2) is 14.2 Å². The lowest BCUT2D eigenvalue weighted by Gasteiger charge is -2.28. The Kier molecular flexibility index (Phi) is 8.18. The number of hydrazine groups is 1. The van der Waals surface area contributed by atoms with Crippen LogP contribution in [0.2, 0.25) is 5.02 Å². The van der Waals surface area contributed by atoms with Crippen LogP contribution in [0.3, 0.4) is 0 Å². The lowest BCUT2D eigenvalue weighted by molar-refractivity contribution is -0.118. The van der Waals surface area contributed by atoms with Crippen molar-refractivity contribution in [2.24, 2.45) is 0 Å². The average molecular weight is 496 g/mol. The molecule has 7 nitrogen and oxygen atoms in total. The maximum absolute atomic E-state index is 14.6. The molecule has 182 valence electrons. The quantitative estimate of drug-likeness (QED) is 0.334. The summed E-state index contributed by atoms with van der Waals surface area (Å²) in [6.07, 6.45) is 3.58. The molecule has 4 rings (SSSR count). The van der Waals surface area contributed by atoms with E-state index in [2.05, 4.69) is 26.4 Å². The zero-order valence-corrected chi connectivity index (χ0v) is 19.8. The molecule has 1 aliphatic heterocycles. The Labute approximate surface area is 208 Å². The van der Waals surface area contributed by atoms with E-state index in [1.807, 2.05) is 12.1 Å². The largest absolute Gasteiger partial charge is 0.324 e. The Morgan fingerprint density at radius 2 is 1.40 bits per heavy atom. The number of carbonyl (C=O) groups excluding carboxylic acids is 2. The molecular formula is C26H27ClFN5O2. The predicted octanol–water partition coefficient (Wildman–Crippen LogP) is 5.79. The molecule has 35 heavy (non-hydrogen) atoms. The molecule has 1 atom stereocenters. The molecule has 3 aromatic carbocycles. The Hall–Kier alpha value is -3.62. The molecule has 4 N–H and O–H groups in total. The minimum absolute atomic E-state index is 0.0552. The van der Waals surface area contributed by atoms with Crippen LogP contribution in [0.15, 0.2) is 72.8 Å². The number of amides is 3. The molecule has 1 heterocycles. The van der Waals surface area contributed by atoms with Crippen LogP contribution in [0.5, 0.6) is 0 Å². The Bertz CT molecular complexity index is 1150. The summed E-state index contributed by atoms with van der Waals surface area (Å²) in [6, 6.07) is 17.7. The Morgan fingerprint density at radius 1 is 0.800 bits per heavy atom. The molecule has 0 radical (unpaired) electrons. The van der Waals surface area contributed by atoms with E-state index in [0.29, 0.717) is 16.4 Å². The first-order valence-corrected chi connectivity index (χ1v) is 11.9. The lowest BCUT2D eigenvalue weighted by Crippen LogP contribution is -2.39. The predicted molar refractivity (Wildman–Crippen MR) is 137 cm³/mol. The Balaban J connectivity index is 1.44. The molecular weight excluding hydrogens is 469 g/mol. The van der Waals surface area contributed by atoms with Gasteiger partial charge in [-0.1, -0.05) is 36.2 Å². The fourth-order valence-corrected chi connectivity index (χ4v) is 3.98. The Morgan fingerprint density at radius 3 is 2.09 bits per heavy atom. The second-order valence-corrected chi connectivity index (χ2v) is 8.72. The molecule has 1 unspecified atom stereocenters. The van der Waals surface area contributed by atoms with Gasteiger partial charge in [0.05, 0.1) is 0 Å². The van der Waals surface area contributed by atoms with E-state index in [9.17, 15) is 14.0 Å². The van der Waals surface area contributed by atoms with E-state index >= 15 is 0 Å². The van der Waals surface area contributed by atoms with Crippen LogP contribution in [0, 0.1) is 5.82 Å². The number of nitrogens with zero attached hydrogens (tertiary/aromatic N) is 1. The molecule has 0 saturated carbocycles. The van der Waals surface area contributed by atoms with E-state index in [-0.39, 0.29) is 5.56 Å². The maximum atomic E-state index is 14.6. The van der Waals surface area contributed by atoms with Gasteiger partial charge in [-0.3, -0.25) is 4.79 Å². The van der Waals surface area contributed by atoms with Gasteiger partial charge in [-0.15, -0.1) is 0 Å². The first kappa shape index (κ1) is 24.5. The fraction of sp³-hybridized carbons (Fsp3) is 0.231. The van der Waals surface area contributed by atoms with E-state index < -0.39 is 23.8 Å². The number of halogens is 2. The van der Waals surface area contributed by atoms with Gasteiger partial charge in [0.1, 0.15) is 11.9 Å².